The van der Waals surface area contributed by atoms with Gasteiger partial charge in [0.25, 0.3) is 5.91 Å². The summed E-state index contributed by atoms with van der Waals surface area (Å²) in [5, 5.41) is 10.4. The van der Waals surface area contributed by atoms with Crippen LogP contribution in [0.2, 0.25) is 10.0 Å². The van der Waals surface area contributed by atoms with Crippen molar-refractivity contribution in [2.75, 3.05) is 5.32 Å². The summed E-state index contributed by atoms with van der Waals surface area (Å²) in [6.45, 7) is 1.78. The van der Waals surface area contributed by atoms with Gasteiger partial charge in [0, 0.05) is 21.7 Å². The number of hydrogen-bond donors (Lipinski definition) is 2. The maximum Gasteiger partial charge on any atom is 0.262 e. The van der Waals surface area contributed by atoms with E-state index in [-0.39, 0.29) is 5.91 Å². The second-order valence-electron chi connectivity index (χ2n) is 5.79. The third-order valence-corrected chi connectivity index (χ3v) is 4.46. The van der Waals surface area contributed by atoms with Crippen molar-refractivity contribution in [1.82, 2.24) is 5.43 Å². The molecular weight excluding hydrogens is 369 g/mol. The monoisotopic (exact) mass is 385 g/mol. The number of amides is 1. The van der Waals surface area contributed by atoms with Crippen LogP contribution in [-0.4, -0.2) is 18.2 Å². The summed E-state index contributed by atoms with van der Waals surface area (Å²) >= 11 is 11.9. The van der Waals surface area contributed by atoms with Gasteiger partial charge in [-0.2, -0.15) is 5.10 Å². The number of carbonyl (C=O) groups is 1. The van der Waals surface area contributed by atoms with Gasteiger partial charge in [-0.05, 0) is 30.5 Å². The second-order valence-corrected chi connectivity index (χ2v) is 6.64. The minimum absolute atomic E-state index is 0.251. The van der Waals surface area contributed by atoms with Crippen LogP contribution >= 0.6 is 23.2 Å². The molecule has 6 heteroatoms. The van der Waals surface area contributed by atoms with Crippen molar-refractivity contribution in [3.05, 3.63) is 76.3 Å². The van der Waals surface area contributed by atoms with Crippen LogP contribution in [0.4, 0.5) is 5.69 Å². The predicted molar refractivity (Wildman–Crippen MR) is 109 cm³/mol. The van der Waals surface area contributed by atoms with Crippen molar-refractivity contribution in [3.8, 4) is 0 Å². The number of anilines is 1. The second kappa shape index (κ2) is 8.21. The molecule has 0 bridgehead atoms. The van der Waals surface area contributed by atoms with E-state index in [2.05, 4.69) is 15.8 Å². The number of nitrogens with zero attached hydrogens (tertiary/aromatic N) is 1. The Morgan fingerprint density at radius 3 is 2.65 bits per heavy atom. The van der Waals surface area contributed by atoms with Gasteiger partial charge in [-0.15, -0.1) is 0 Å². The topological polar surface area (TPSA) is 53.5 Å². The average Bonchev–Trinajstić information content (AvgIpc) is 2.63. The fourth-order valence-corrected chi connectivity index (χ4v) is 2.98. The fraction of sp³-hybridized carbons (Fsp3) is 0.100. The van der Waals surface area contributed by atoms with Crippen molar-refractivity contribution in [2.45, 2.75) is 13.0 Å². The van der Waals surface area contributed by atoms with Crippen LogP contribution in [-0.2, 0) is 4.79 Å². The lowest BCUT2D eigenvalue weighted by Gasteiger charge is -2.15. The minimum atomic E-state index is -0.460. The van der Waals surface area contributed by atoms with Crippen molar-refractivity contribution >= 4 is 51.8 Å². The van der Waals surface area contributed by atoms with Crippen LogP contribution in [0.1, 0.15) is 12.5 Å². The van der Waals surface area contributed by atoms with E-state index in [1.807, 2.05) is 42.5 Å². The predicted octanol–water partition coefficient (Wildman–Crippen LogP) is 5.10. The Bertz CT molecular complexity index is 967. The summed E-state index contributed by atoms with van der Waals surface area (Å²) in [4.78, 5) is 12.3. The van der Waals surface area contributed by atoms with Crippen LogP contribution in [0.5, 0.6) is 0 Å². The molecule has 0 radical (unpaired) electrons. The number of hydrogen-bond acceptors (Lipinski definition) is 3. The molecule has 1 atom stereocenters. The van der Waals surface area contributed by atoms with Crippen molar-refractivity contribution < 1.29 is 4.79 Å². The molecule has 0 fully saturated rings. The number of rotatable bonds is 5. The Hall–Kier alpha value is -2.56. The number of benzene rings is 3. The summed E-state index contributed by atoms with van der Waals surface area (Å²) in [7, 11) is 0. The molecule has 1 amide bonds. The van der Waals surface area contributed by atoms with Crippen LogP contribution in [0.3, 0.4) is 0 Å². The van der Waals surface area contributed by atoms with E-state index >= 15 is 0 Å². The van der Waals surface area contributed by atoms with Crippen molar-refractivity contribution in [1.29, 1.82) is 0 Å². The van der Waals surface area contributed by atoms with E-state index in [0.717, 1.165) is 16.5 Å². The van der Waals surface area contributed by atoms with Gasteiger partial charge < -0.3 is 5.32 Å². The first-order valence-electron chi connectivity index (χ1n) is 8.07. The Morgan fingerprint density at radius 1 is 1.08 bits per heavy atom. The average molecular weight is 386 g/mol. The molecule has 0 heterocycles. The van der Waals surface area contributed by atoms with E-state index in [4.69, 9.17) is 23.2 Å². The molecule has 1 unspecified atom stereocenters. The van der Waals surface area contributed by atoms with Gasteiger partial charge >= 0.3 is 0 Å². The maximum absolute atomic E-state index is 12.3. The molecule has 0 aliphatic rings. The highest BCUT2D eigenvalue weighted by molar-refractivity contribution is 6.36. The van der Waals surface area contributed by atoms with Crippen molar-refractivity contribution in [2.24, 2.45) is 5.10 Å². The van der Waals surface area contributed by atoms with E-state index in [9.17, 15) is 4.79 Å². The molecule has 0 spiro atoms. The molecule has 0 aliphatic heterocycles. The van der Waals surface area contributed by atoms with Gasteiger partial charge in [0.05, 0.1) is 11.2 Å². The smallest absolute Gasteiger partial charge is 0.262 e. The van der Waals surface area contributed by atoms with Gasteiger partial charge in [-0.1, -0.05) is 65.7 Å². The molecular formula is C20H17Cl2N3O. The van der Waals surface area contributed by atoms with Crippen LogP contribution in [0, 0.1) is 0 Å². The Balaban J connectivity index is 1.65. The number of carbonyl (C=O) groups excluding carboxylic acids is 1. The Labute approximate surface area is 161 Å². The lowest BCUT2D eigenvalue weighted by Crippen LogP contribution is -2.34. The molecule has 0 saturated carbocycles. The molecule has 0 saturated heterocycles. The summed E-state index contributed by atoms with van der Waals surface area (Å²) in [5.74, 6) is -0.251. The minimum Gasteiger partial charge on any atom is -0.373 e. The van der Waals surface area contributed by atoms with Crippen LogP contribution in [0.25, 0.3) is 10.8 Å². The summed E-state index contributed by atoms with van der Waals surface area (Å²) in [6.07, 6.45) is 1.49. The number of fused-ring (bicyclic) bond motifs is 1. The highest BCUT2D eigenvalue weighted by atomic mass is 35.5. The summed E-state index contributed by atoms with van der Waals surface area (Å²) in [5.41, 5.74) is 4.09. The summed E-state index contributed by atoms with van der Waals surface area (Å²) < 4.78 is 0. The zero-order valence-electron chi connectivity index (χ0n) is 14.0. The molecule has 3 aromatic carbocycles. The maximum atomic E-state index is 12.3. The largest absolute Gasteiger partial charge is 0.373 e. The first kappa shape index (κ1) is 18.2. The lowest BCUT2D eigenvalue weighted by atomic mass is 10.1. The van der Waals surface area contributed by atoms with E-state index in [1.165, 1.54) is 6.21 Å². The highest BCUT2D eigenvalue weighted by Gasteiger charge is 2.13. The SMILES string of the molecule is CC(Nc1cccc2ccccc12)C(=O)N/N=C/c1ccc(Cl)cc1Cl. The molecule has 4 nitrogen and oxygen atoms in total. The van der Waals surface area contributed by atoms with Gasteiger partial charge in [-0.25, -0.2) is 5.43 Å². The zero-order valence-corrected chi connectivity index (χ0v) is 15.6. The van der Waals surface area contributed by atoms with Gasteiger partial charge in [0.1, 0.15) is 6.04 Å². The molecule has 132 valence electrons. The third-order valence-electron chi connectivity index (χ3n) is 3.90. The molecule has 26 heavy (non-hydrogen) atoms. The number of halogens is 2. The lowest BCUT2D eigenvalue weighted by molar-refractivity contribution is -0.121. The standard InChI is InChI=1S/C20H17Cl2N3O/c1-13(24-19-8-4-6-14-5-2-3-7-17(14)19)20(26)25-23-12-15-9-10-16(21)11-18(15)22/h2-13,24H,1H3,(H,25,26)/b23-12+. The van der Waals surface area contributed by atoms with Gasteiger partial charge in [0.2, 0.25) is 0 Å². The zero-order chi connectivity index (χ0) is 18.5. The number of hydrazone groups is 1. The molecule has 0 aliphatic carbocycles. The quantitative estimate of drug-likeness (QED) is 0.474. The summed E-state index contributed by atoms with van der Waals surface area (Å²) in [6, 6.07) is 18.5. The van der Waals surface area contributed by atoms with Gasteiger partial charge in [0.15, 0.2) is 0 Å². The van der Waals surface area contributed by atoms with Crippen LogP contribution < -0.4 is 10.7 Å². The van der Waals surface area contributed by atoms with Crippen LogP contribution in [0.15, 0.2) is 65.8 Å². The molecule has 3 aromatic rings. The number of nitrogens with one attached hydrogen (secondary N) is 2. The Kier molecular flexibility index (Phi) is 5.76. The van der Waals surface area contributed by atoms with E-state index in [1.54, 1.807) is 25.1 Å². The highest BCUT2D eigenvalue weighted by Crippen LogP contribution is 2.23. The van der Waals surface area contributed by atoms with Crippen molar-refractivity contribution in [3.63, 3.8) is 0 Å². The third kappa shape index (κ3) is 4.34. The normalized spacial score (nSPS) is 12.3. The van der Waals surface area contributed by atoms with Gasteiger partial charge in [-0.3, -0.25) is 4.79 Å². The van der Waals surface area contributed by atoms with E-state index < -0.39 is 6.04 Å². The fourth-order valence-electron chi connectivity index (χ4n) is 2.52. The molecule has 3 rings (SSSR count). The Morgan fingerprint density at radius 2 is 1.85 bits per heavy atom. The molecule has 2 N–H and O–H groups in total. The first-order chi connectivity index (χ1) is 12.5. The van der Waals surface area contributed by atoms with E-state index in [0.29, 0.717) is 15.6 Å². The molecule has 0 aromatic heterocycles. The first-order valence-corrected chi connectivity index (χ1v) is 8.82.